The minimum Gasteiger partial charge on any atom is -0.383 e. The van der Waals surface area contributed by atoms with Crippen molar-refractivity contribution in [3.05, 3.63) is 34.9 Å². The summed E-state index contributed by atoms with van der Waals surface area (Å²) in [4.78, 5) is 4.24. The van der Waals surface area contributed by atoms with Crippen LogP contribution in [0.3, 0.4) is 0 Å². The highest BCUT2D eigenvalue weighted by molar-refractivity contribution is 6.31. The molecule has 1 heterocycles. The lowest BCUT2D eigenvalue weighted by Crippen LogP contribution is -1.93. The standard InChI is InChI=1S/C10H9ClN2/c1-6-4-7-5-8(11)2-3-9(7)13-10(6)12/h2-5H,1H3,(H2,12,13). The molecule has 1 aromatic carbocycles. The first-order valence-corrected chi connectivity index (χ1v) is 4.37. The largest absolute Gasteiger partial charge is 0.383 e. The van der Waals surface area contributed by atoms with E-state index >= 15 is 0 Å². The first kappa shape index (κ1) is 8.32. The van der Waals surface area contributed by atoms with Gasteiger partial charge < -0.3 is 5.73 Å². The summed E-state index contributed by atoms with van der Waals surface area (Å²) in [5.41, 5.74) is 7.54. The highest BCUT2D eigenvalue weighted by Crippen LogP contribution is 2.21. The smallest absolute Gasteiger partial charge is 0.127 e. The number of hydrogen-bond acceptors (Lipinski definition) is 2. The Morgan fingerprint density at radius 1 is 1.31 bits per heavy atom. The zero-order chi connectivity index (χ0) is 9.42. The summed E-state index contributed by atoms with van der Waals surface area (Å²) < 4.78 is 0. The van der Waals surface area contributed by atoms with Gasteiger partial charge in [-0.25, -0.2) is 4.98 Å². The fourth-order valence-corrected chi connectivity index (χ4v) is 1.45. The molecule has 0 spiro atoms. The van der Waals surface area contributed by atoms with E-state index in [9.17, 15) is 0 Å². The average Bonchev–Trinajstić information content (AvgIpc) is 2.08. The lowest BCUT2D eigenvalue weighted by atomic mass is 10.1. The van der Waals surface area contributed by atoms with Gasteiger partial charge in [-0.2, -0.15) is 0 Å². The zero-order valence-corrected chi connectivity index (χ0v) is 7.97. The van der Waals surface area contributed by atoms with Gasteiger partial charge >= 0.3 is 0 Å². The summed E-state index contributed by atoms with van der Waals surface area (Å²) >= 11 is 5.85. The van der Waals surface area contributed by atoms with E-state index in [4.69, 9.17) is 17.3 Å². The molecule has 66 valence electrons. The van der Waals surface area contributed by atoms with Crippen molar-refractivity contribution in [3.63, 3.8) is 0 Å². The summed E-state index contributed by atoms with van der Waals surface area (Å²) in [6.45, 7) is 1.93. The van der Waals surface area contributed by atoms with Gasteiger partial charge in [0.05, 0.1) is 5.52 Å². The van der Waals surface area contributed by atoms with Crippen molar-refractivity contribution in [2.75, 3.05) is 5.73 Å². The summed E-state index contributed by atoms with van der Waals surface area (Å²) in [5.74, 6) is 0.579. The molecule has 2 N–H and O–H groups in total. The fourth-order valence-electron chi connectivity index (χ4n) is 1.27. The third kappa shape index (κ3) is 1.45. The molecule has 2 nitrogen and oxygen atoms in total. The highest BCUT2D eigenvalue weighted by atomic mass is 35.5. The van der Waals surface area contributed by atoms with Gasteiger partial charge in [0.2, 0.25) is 0 Å². The van der Waals surface area contributed by atoms with E-state index in [0.717, 1.165) is 21.5 Å². The normalized spacial score (nSPS) is 10.6. The van der Waals surface area contributed by atoms with Crippen LogP contribution in [0.2, 0.25) is 5.02 Å². The van der Waals surface area contributed by atoms with Gasteiger partial charge in [0, 0.05) is 10.4 Å². The van der Waals surface area contributed by atoms with Crippen molar-refractivity contribution in [2.45, 2.75) is 6.92 Å². The van der Waals surface area contributed by atoms with E-state index in [-0.39, 0.29) is 0 Å². The molecule has 3 heteroatoms. The lowest BCUT2D eigenvalue weighted by molar-refractivity contribution is 1.34. The maximum Gasteiger partial charge on any atom is 0.127 e. The summed E-state index contributed by atoms with van der Waals surface area (Å²) in [7, 11) is 0. The second-order valence-electron chi connectivity index (χ2n) is 3.03. The molecule has 0 radical (unpaired) electrons. The molecule has 1 aromatic heterocycles. The zero-order valence-electron chi connectivity index (χ0n) is 7.21. The lowest BCUT2D eigenvalue weighted by Gasteiger charge is -2.02. The fraction of sp³-hybridized carbons (Fsp3) is 0.100. The van der Waals surface area contributed by atoms with Crippen molar-refractivity contribution in [1.82, 2.24) is 4.98 Å². The van der Waals surface area contributed by atoms with Gasteiger partial charge in [-0.05, 0) is 36.8 Å². The molecule has 0 amide bonds. The Morgan fingerprint density at radius 3 is 2.85 bits per heavy atom. The number of hydrogen-bond donors (Lipinski definition) is 1. The van der Waals surface area contributed by atoms with E-state index in [1.807, 2.05) is 31.2 Å². The Kier molecular flexibility index (Phi) is 1.85. The minimum atomic E-state index is 0.579. The molecule has 0 aliphatic rings. The number of fused-ring (bicyclic) bond motifs is 1. The number of pyridine rings is 1. The van der Waals surface area contributed by atoms with E-state index in [2.05, 4.69) is 4.98 Å². The molecule has 0 saturated heterocycles. The van der Waals surface area contributed by atoms with E-state index in [0.29, 0.717) is 5.82 Å². The van der Waals surface area contributed by atoms with Gasteiger partial charge in [0.15, 0.2) is 0 Å². The number of rotatable bonds is 0. The van der Waals surface area contributed by atoms with Crippen LogP contribution in [0.25, 0.3) is 10.9 Å². The number of nitrogens with zero attached hydrogens (tertiary/aromatic N) is 1. The predicted octanol–water partition coefficient (Wildman–Crippen LogP) is 2.78. The summed E-state index contributed by atoms with van der Waals surface area (Å²) in [5, 5.41) is 1.75. The molecule has 0 fully saturated rings. The Labute approximate surface area is 81.3 Å². The molecule has 2 rings (SSSR count). The molecule has 0 aliphatic carbocycles. The van der Waals surface area contributed by atoms with Crippen molar-refractivity contribution in [3.8, 4) is 0 Å². The SMILES string of the molecule is Cc1cc2cc(Cl)ccc2nc1N. The van der Waals surface area contributed by atoms with Crippen molar-refractivity contribution in [1.29, 1.82) is 0 Å². The Morgan fingerprint density at radius 2 is 2.08 bits per heavy atom. The second-order valence-corrected chi connectivity index (χ2v) is 3.46. The monoisotopic (exact) mass is 192 g/mol. The van der Waals surface area contributed by atoms with Gasteiger partial charge in [0.25, 0.3) is 0 Å². The van der Waals surface area contributed by atoms with Gasteiger partial charge in [-0.15, -0.1) is 0 Å². The van der Waals surface area contributed by atoms with Gasteiger partial charge in [0.1, 0.15) is 5.82 Å². The van der Waals surface area contributed by atoms with Crippen LogP contribution < -0.4 is 5.73 Å². The molecular weight excluding hydrogens is 184 g/mol. The molecule has 0 unspecified atom stereocenters. The summed E-state index contributed by atoms with van der Waals surface area (Å²) in [6.07, 6.45) is 0. The van der Waals surface area contributed by atoms with E-state index in [1.54, 1.807) is 0 Å². The first-order chi connectivity index (χ1) is 6.16. The number of nitrogens with two attached hydrogens (primary N) is 1. The maximum absolute atomic E-state index is 5.85. The van der Waals surface area contributed by atoms with Crippen LogP contribution in [0.15, 0.2) is 24.3 Å². The molecule has 0 saturated carbocycles. The third-order valence-corrected chi connectivity index (χ3v) is 2.24. The molecule has 0 atom stereocenters. The number of benzene rings is 1. The Bertz CT molecular complexity index is 466. The maximum atomic E-state index is 5.85. The van der Waals surface area contributed by atoms with E-state index in [1.165, 1.54) is 0 Å². The number of nitrogen functional groups attached to an aromatic ring is 1. The third-order valence-electron chi connectivity index (χ3n) is 2.01. The number of aromatic nitrogens is 1. The van der Waals surface area contributed by atoms with Gasteiger partial charge in [-0.1, -0.05) is 11.6 Å². The van der Waals surface area contributed by atoms with E-state index < -0.39 is 0 Å². The van der Waals surface area contributed by atoms with Crippen LogP contribution in [0, 0.1) is 6.92 Å². The minimum absolute atomic E-state index is 0.579. The van der Waals surface area contributed by atoms with Crippen molar-refractivity contribution >= 4 is 28.3 Å². The van der Waals surface area contributed by atoms with Crippen molar-refractivity contribution < 1.29 is 0 Å². The first-order valence-electron chi connectivity index (χ1n) is 3.99. The number of halogens is 1. The van der Waals surface area contributed by atoms with Crippen molar-refractivity contribution in [2.24, 2.45) is 0 Å². The second kappa shape index (κ2) is 2.89. The van der Waals surface area contributed by atoms with Crippen LogP contribution in [0.5, 0.6) is 0 Å². The van der Waals surface area contributed by atoms with Crippen LogP contribution >= 0.6 is 11.6 Å². The molecule has 0 bridgehead atoms. The highest BCUT2D eigenvalue weighted by Gasteiger charge is 1.99. The van der Waals surface area contributed by atoms with Crippen LogP contribution in [-0.4, -0.2) is 4.98 Å². The van der Waals surface area contributed by atoms with Crippen LogP contribution in [0.4, 0.5) is 5.82 Å². The quantitative estimate of drug-likeness (QED) is 0.697. The molecule has 13 heavy (non-hydrogen) atoms. The summed E-state index contributed by atoms with van der Waals surface area (Å²) in [6, 6.07) is 7.55. The number of anilines is 1. The predicted molar refractivity (Wildman–Crippen MR) is 55.9 cm³/mol. The average molecular weight is 193 g/mol. The Balaban J connectivity index is 2.81. The molecular formula is C10H9ClN2. The Hall–Kier alpha value is -1.28. The topological polar surface area (TPSA) is 38.9 Å². The molecule has 0 aliphatic heterocycles. The van der Waals surface area contributed by atoms with Crippen LogP contribution in [-0.2, 0) is 0 Å². The molecule has 2 aromatic rings. The van der Waals surface area contributed by atoms with Gasteiger partial charge in [-0.3, -0.25) is 0 Å². The van der Waals surface area contributed by atoms with Crippen LogP contribution in [0.1, 0.15) is 5.56 Å². The number of aryl methyl sites for hydroxylation is 1.